The number of nitriles is 2. The first-order valence-electron chi connectivity index (χ1n) is 36.6. The lowest BCUT2D eigenvalue weighted by atomic mass is 10.00. The topological polar surface area (TPSA) is 527 Å². The Morgan fingerprint density at radius 3 is 1.66 bits per heavy atom. The molecule has 3 heterocycles. The molecule has 0 aliphatic carbocycles. The second-order valence-electron chi connectivity index (χ2n) is 27.0. The maximum Gasteiger partial charge on any atom is 0.245 e. The van der Waals surface area contributed by atoms with Crippen LogP contribution in [0, 0.1) is 28.8 Å². The van der Waals surface area contributed by atoms with Gasteiger partial charge in [-0.2, -0.15) is 10.5 Å². The van der Waals surface area contributed by atoms with E-state index in [1.54, 1.807) is 0 Å². The molecule has 105 heavy (non-hydrogen) atoms. The minimum atomic E-state index is -1.81. The average molecular weight is 1470 g/mol. The third-order valence-corrected chi connectivity index (χ3v) is 17.4. The number of primary amides is 1. The molecule has 2 aliphatic rings. The van der Waals surface area contributed by atoms with Crippen LogP contribution in [0.4, 0.5) is 0 Å². The van der Waals surface area contributed by atoms with Gasteiger partial charge in [0, 0.05) is 69.9 Å². The highest BCUT2D eigenvalue weighted by Gasteiger charge is 2.40. The van der Waals surface area contributed by atoms with Crippen molar-refractivity contribution >= 4 is 76.9 Å². The molecule has 2 aromatic rings. The summed E-state index contributed by atoms with van der Waals surface area (Å²) in [6, 6.07) is -7.23. The molecule has 0 spiro atoms. The summed E-state index contributed by atoms with van der Waals surface area (Å²) in [6.45, 7) is 14.2. The molecule has 11 amide bonds. The number of nitrogens with one attached hydrogen (secondary N) is 15. The smallest absolute Gasteiger partial charge is 0.245 e. The van der Waals surface area contributed by atoms with Gasteiger partial charge in [-0.25, -0.2) is 4.98 Å². The second-order valence-corrected chi connectivity index (χ2v) is 27.0. The second kappa shape index (κ2) is 48.0. The summed E-state index contributed by atoms with van der Waals surface area (Å²) >= 11 is 0. The number of aromatic amines is 1. The van der Waals surface area contributed by atoms with Gasteiger partial charge in [0.05, 0.1) is 12.9 Å². The van der Waals surface area contributed by atoms with Crippen LogP contribution in [0.5, 0.6) is 5.75 Å². The van der Waals surface area contributed by atoms with Gasteiger partial charge in [0.1, 0.15) is 66.2 Å². The van der Waals surface area contributed by atoms with E-state index in [1.807, 2.05) is 53.9 Å². The van der Waals surface area contributed by atoms with Crippen molar-refractivity contribution in [3.63, 3.8) is 0 Å². The van der Waals surface area contributed by atoms with Crippen LogP contribution in [0.2, 0.25) is 0 Å². The van der Waals surface area contributed by atoms with Crippen LogP contribution >= 0.6 is 0 Å². The molecule has 0 radical (unpaired) electrons. The number of rotatable bonds is 47. The number of unbranched alkanes of at least 4 members (excludes halogenated alkanes) is 5. The molecule has 10 atom stereocenters. The molecule has 35 nitrogen and oxygen atoms in total. The summed E-state index contributed by atoms with van der Waals surface area (Å²) in [5, 5.41) is 78.6. The number of phenols is 1. The Balaban J connectivity index is 1.71. The number of aliphatic imine (C=N–C) groups is 2. The number of hydrogen-bond donors (Lipinski definition) is 18. The van der Waals surface area contributed by atoms with Crippen LogP contribution in [0.25, 0.3) is 0 Å². The number of aromatic nitrogens is 2. The van der Waals surface area contributed by atoms with E-state index in [0.29, 0.717) is 63.0 Å². The van der Waals surface area contributed by atoms with Crippen molar-refractivity contribution in [2.24, 2.45) is 21.6 Å². The maximum atomic E-state index is 15.1. The molecule has 1 aromatic heterocycles. The molecule has 0 unspecified atom stereocenters. The maximum absolute atomic E-state index is 15.1. The summed E-state index contributed by atoms with van der Waals surface area (Å²) in [5.41, 5.74) is 6.27. The van der Waals surface area contributed by atoms with Crippen molar-refractivity contribution in [2.75, 3.05) is 45.9 Å². The third kappa shape index (κ3) is 32.6. The van der Waals surface area contributed by atoms with E-state index < -0.39 is 126 Å². The van der Waals surface area contributed by atoms with Crippen molar-refractivity contribution in [1.82, 2.24) is 89.3 Å². The molecule has 0 saturated carbocycles. The number of benzene rings is 1. The fraction of sp³-hybridized carbons (Fsp3) is 0.657. The highest BCUT2D eigenvalue weighted by molar-refractivity contribution is 5.99. The van der Waals surface area contributed by atoms with E-state index in [9.17, 15) is 63.9 Å². The highest BCUT2D eigenvalue weighted by Crippen LogP contribution is 2.22. The van der Waals surface area contributed by atoms with Gasteiger partial charge in [-0.15, -0.1) is 0 Å². The Labute approximate surface area is 614 Å². The number of phenolic OH excluding ortho intramolecular Hbond substituents is 1. The molecule has 580 valence electrons. The number of likely N-dealkylation sites (tertiary alicyclic amines) is 1. The van der Waals surface area contributed by atoms with Crippen LogP contribution in [0.3, 0.4) is 0 Å². The summed E-state index contributed by atoms with van der Waals surface area (Å²) in [4.78, 5) is 171. The van der Waals surface area contributed by atoms with Crippen LogP contribution < -0.4 is 80.2 Å². The lowest BCUT2D eigenvalue weighted by Crippen LogP contribution is -2.61. The number of aliphatic hydroxyl groups is 1. The average Bonchev–Trinajstić information content (AvgIpc) is 1.78. The molecular weight excluding hydrogens is 1360 g/mol. The van der Waals surface area contributed by atoms with Crippen LogP contribution in [0.15, 0.2) is 46.8 Å². The molecule has 2 saturated heterocycles. The molecular formula is C70H112N22O13. The number of carbonyl (C=O) groups is 11. The number of nitrogens with two attached hydrogens (primary N) is 1. The summed E-state index contributed by atoms with van der Waals surface area (Å²) in [5.74, 6) is -8.22. The number of hydrogen-bond acceptors (Lipinski definition) is 19. The summed E-state index contributed by atoms with van der Waals surface area (Å²) in [7, 11) is 0. The fourth-order valence-corrected chi connectivity index (χ4v) is 11.5. The molecule has 2 fully saturated rings. The minimum Gasteiger partial charge on any atom is -0.508 e. The molecule has 0 bridgehead atoms. The van der Waals surface area contributed by atoms with E-state index in [0.717, 1.165) is 25.7 Å². The molecule has 19 N–H and O–H groups in total. The number of nitrogens with zero attached hydrogens (tertiary/aromatic N) is 6. The van der Waals surface area contributed by atoms with E-state index in [2.05, 4.69) is 94.4 Å². The van der Waals surface area contributed by atoms with Crippen LogP contribution in [0.1, 0.15) is 175 Å². The first-order valence-corrected chi connectivity index (χ1v) is 36.6. The number of aliphatic hydroxyl groups excluding tert-OH is 1. The Bertz CT molecular complexity index is 3270. The van der Waals surface area contributed by atoms with Crippen molar-refractivity contribution in [1.29, 1.82) is 10.5 Å². The van der Waals surface area contributed by atoms with Crippen LogP contribution in [-0.2, 0) is 65.6 Å². The lowest BCUT2D eigenvalue weighted by Gasteiger charge is -2.31. The number of H-pyrrole nitrogens is 1. The predicted octanol–water partition coefficient (Wildman–Crippen LogP) is -1.27. The zero-order valence-corrected chi connectivity index (χ0v) is 61.6. The SMILES string of the molecule is CCCCNC(=NCCCC[C@@H](NC(=O)[C@H](Cc1cnc[nH]1)NC(=O)[C@@H]1CCC(=O)N1)C(=O)N[C@@H](CO)C(=O)N[C@@H](Cc1ccc(O)cc1)C(=O)N[C@H](CCCCN=C(NC#N)NCCCC)C(=O)N[C@@H](CC(C)C)C(=O)N[C@@H](CCCCNC(C)C)C(=O)N1CCC[C@H]1C(=O)N[C@H](C)C(N)=O)NC#N. The largest absolute Gasteiger partial charge is 0.508 e. The van der Waals surface area contributed by atoms with E-state index >= 15 is 9.59 Å². The molecule has 2 aliphatic heterocycles. The Morgan fingerprint density at radius 2 is 1.14 bits per heavy atom. The number of imidazole rings is 1. The zero-order valence-electron chi connectivity index (χ0n) is 61.6. The Hall–Kier alpha value is -10.2. The number of carbonyl (C=O) groups excluding carboxylic acids is 11. The Morgan fingerprint density at radius 1 is 0.629 bits per heavy atom. The van der Waals surface area contributed by atoms with Gasteiger partial charge in [-0.05, 0) is 133 Å². The third-order valence-electron chi connectivity index (χ3n) is 17.4. The van der Waals surface area contributed by atoms with E-state index in [-0.39, 0.29) is 126 Å². The van der Waals surface area contributed by atoms with Gasteiger partial charge in [0.25, 0.3) is 0 Å². The number of amides is 11. The van der Waals surface area contributed by atoms with E-state index in [4.69, 9.17) is 5.73 Å². The first kappa shape index (κ1) is 87.2. The summed E-state index contributed by atoms with van der Waals surface area (Å²) < 4.78 is 0. The number of guanidine groups is 2. The fourth-order valence-electron chi connectivity index (χ4n) is 11.5. The predicted molar refractivity (Wildman–Crippen MR) is 389 cm³/mol. The minimum absolute atomic E-state index is 0.0426. The van der Waals surface area contributed by atoms with Gasteiger partial charge in [0.15, 0.2) is 12.4 Å². The van der Waals surface area contributed by atoms with Crippen molar-refractivity contribution in [3.8, 4) is 18.1 Å². The van der Waals surface area contributed by atoms with E-state index in [1.165, 1.54) is 48.6 Å². The van der Waals surface area contributed by atoms with Crippen molar-refractivity contribution in [2.45, 2.75) is 243 Å². The molecule has 4 rings (SSSR count). The van der Waals surface area contributed by atoms with Gasteiger partial charge in [-0.1, -0.05) is 66.5 Å². The number of aromatic hydroxyl groups is 1. The molecule has 1 aromatic carbocycles. The van der Waals surface area contributed by atoms with Gasteiger partial charge in [0.2, 0.25) is 76.9 Å². The lowest BCUT2D eigenvalue weighted by molar-refractivity contribution is -0.142. The Kier molecular flexibility index (Phi) is 39.9. The van der Waals surface area contributed by atoms with Crippen molar-refractivity contribution in [3.05, 3.63) is 48.0 Å². The monoisotopic (exact) mass is 1470 g/mol. The van der Waals surface area contributed by atoms with Crippen LogP contribution in [-0.4, -0.2) is 214 Å². The normalized spacial score (nSPS) is 16.6. The quantitative estimate of drug-likeness (QED) is 0.0121. The summed E-state index contributed by atoms with van der Waals surface area (Å²) in [6.07, 6.45) is 12.6. The highest BCUT2D eigenvalue weighted by atomic mass is 16.3. The first-order chi connectivity index (χ1) is 50.3. The van der Waals surface area contributed by atoms with Gasteiger partial charge >= 0.3 is 0 Å². The van der Waals surface area contributed by atoms with Gasteiger partial charge in [-0.3, -0.25) is 73.4 Å². The molecule has 35 heteroatoms. The standard InChI is InChI=1S/C70H112N22O13/c1-8-10-29-76-69(80-40-71)78-32-16-12-19-49(60(97)88-53(35-43(3)4)63(100)87-52(21-14-15-31-75-44(5)6)68(105)92-34-18-22-57(92)67(104)83-45(7)59(73)96)85-64(101)54(36-46-23-25-48(94)26-24-46)89-66(103)56(39-93)91-61(98)50(20-13-17-33-79-70(81-41-72)77-30-11-9-2)86-65(102)55(37-47-38-74-42-82-47)90-62(99)51-27-28-58(95)84-51/h23-26,38,42-45,49-57,75,93-94H,8-22,27-37,39H2,1-7H3,(H2,73,96)(H,74,82)(H,83,104)(H,84,95)(H,85,101)(H,86,102)(H,87,100)(H,88,97)(H,89,103)(H,90,99)(H,91,98)(H2,76,78,80)(H2,77,79,81)/t45-,49-,50-,51+,52+,53+,54+,55+,56+,57+/m1/s1. The zero-order chi connectivity index (χ0) is 77.2. The van der Waals surface area contributed by atoms with Gasteiger partial charge < -0.3 is 89.6 Å². The van der Waals surface area contributed by atoms with Crippen molar-refractivity contribution < 1.29 is 63.0 Å².